The van der Waals surface area contributed by atoms with Gasteiger partial charge in [-0.15, -0.1) is 0 Å². The Balaban J connectivity index is 1.99. The van der Waals surface area contributed by atoms with E-state index in [1.807, 2.05) is 26.0 Å². The molecule has 6 nitrogen and oxygen atoms in total. The van der Waals surface area contributed by atoms with Crippen LogP contribution in [0.1, 0.15) is 50.7 Å². The maximum Gasteiger partial charge on any atom is 0.243 e. The third kappa shape index (κ3) is 9.04. The Kier molecular flexibility index (Phi) is 10.5. The number of carbonyl (C=O) groups is 3. The van der Waals surface area contributed by atoms with E-state index in [9.17, 15) is 18.8 Å². The predicted octanol–water partition coefficient (Wildman–Crippen LogP) is 4.43. The number of amides is 3. The van der Waals surface area contributed by atoms with Gasteiger partial charge in [-0.25, -0.2) is 4.39 Å². The second-order valence-electron chi connectivity index (χ2n) is 8.26. The van der Waals surface area contributed by atoms with Crippen LogP contribution in [0.2, 0.25) is 0 Å². The Hall–Kier alpha value is -3.22. The summed E-state index contributed by atoms with van der Waals surface area (Å²) in [6.07, 6.45) is 3.35. The summed E-state index contributed by atoms with van der Waals surface area (Å²) in [6, 6.07) is 13.2. The van der Waals surface area contributed by atoms with Crippen molar-refractivity contribution in [2.75, 3.05) is 18.4 Å². The lowest BCUT2D eigenvalue weighted by molar-refractivity contribution is -0.140. The van der Waals surface area contributed by atoms with Crippen LogP contribution in [0.3, 0.4) is 0 Å². The number of hydrogen-bond donors (Lipinski definition) is 2. The van der Waals surface area contributed by atoms with Crippen molar-refractivity contribution in [1.82, 2.24) is 10.2 Å². The molecule has 1 atom stereocenters. The van der Waals surface area contributed by atoms with E-state index in [2.05, 4.69) is 17.6 Å². The van der Waals surface area contributed by atoms with Crippen LogP contribution in [-0.2, 0) is 20.9 Å². The van der Waals surface area contributed by atoms with E-state index >= 15 is 0 Å². The van der Waals surface area contributed by atoms with E-state index in [0.29, 0.717) is 12.1 Å². The summed E-state index contributed by atoms with van der Waals surface area (Å²) in [5.74, 6) is -1.41. The second-order valence-corrected chi connectivity index (χ2v) is 8.26. The topological polar surface area (TPSA) is 78.5 Å². The summed E-state index contributed by atoms with van der Waals surface area (Å²) >= 11 is 0. The van der Waals surface area contributed by atoms with Crippen molar-refractivity contribution in [3.8, 4) is 0 Å². The smallest absolute Gasteiger partial charge is 0.243 e. The van der Waals surface area contributed by atoms with E-state index < -0.39 is 5.91 Å². The Morgan fingerprint density at radius 3 is 2.24 bits per heavy atom. The van der Waals surface area contributed by atoms with Gasteiger partial charge in [0.05, 0.1) is 13.1 Å². The van der Waals surface area contributed by atoms with Gasteiger partial charge in [0.2, 0.25) is 17.7 Å². The van der Waals surface area contributed by atoms with Crippen molar-refractivity contribution >= 4 is 23.4 Å². The van der Waals surface area contributed by atoms with Gasteiger partial charge in [0, 0.05) is 18.2 Å². The first-order chi connectivity index (χ1) is 15.8. The number of benzene rings is 2. The van der Waals surface area contributed by atoms with Crippen molar-refractivity contribution in [1.29, 1.82) is 0 Å². The molecule has 2 aromatic carbocycles. The number of unbranched alkanes of at least 4 members (excludes halogenated alkanes) is 1. The number of rotatable bonds is 12. The van der Waals surface area contributed by atoms with E-state index in [1.165, 1.54) is 17.0 Å². The van der Waals surface area contributed by atoms with Gasteiger partial charge in [-0.1, -0.05) is 56.5 Å². The molecule has 0 aliphatic carbocycles. The minimum atomic E-state index is -0.421. The van der Waals surface area contributed by atoms with Gasteiger partial charge in [-0.2, -0.15) is 0 Å². The van der Waals surface area contributed by atoms with Gasteiger partial charge >= 0.3 is 0 Å². The fourth-order valence-electron chi connectivity index (χ4n) is 3.48. The quantitative estimate of drug-likeness (QED) is 0.497. The minimum Gasteiger partial charge on any atom is -0.345 e. The molecule has 1 unspecified atom stereocenters. The van der Waals surface area contributed by atoms with Crippen molar-refractivity contribution in [3.63, 3.8) is 0 Å². The van der Waals surface area contributed by atoms with E-state index in [0.717, 1.165) is 30.4 Å². The molecule has 2 N–H and O–H groups in total. The van der Waals surface area contributed by atoms with Crippen LogP contribution in [0.15, 0.2) is 48.5 Å². The Bertz CT molecular complexity index is 913. The minimum absolute atomic E-state index is 0.102. The van der Waals surface area contributed by atoms with E-state index in [1.54, 1.807) is 24.3 Å². The van der Waals surface area contributed by atoms with Crippen molar-refractivity contribution < 1.29 is 18.8 Å². The average Bonchev–Trinajstić information content (AvgIpc) is 2.80. The van der Waals surface area contributed by atoms with Gasteiger partial charge in [0.15, 0.2) is 0 Å². The highest BCUT2D eigenvalue weighted by molar-refractivity contribution is 5.95. The largest absolute Gasteiger partial charge is 0.345 e. The number of halogens is 1. The molecule has 33 heavy (non-hydrogen) atoms. The molecule has 2 rings (SSSR count). The second kappa shape index (κ2) is 13.4. The SMILES string of the molecule is CCCCC(CC)C(=O)N(CC(=O)NCC(=O)Nc1ccc(C)cc1)Cc1ccc(F)cc1. The van der Waals surface area contributed by atoms with Crippen LogP contribution in [0.4, 0.5) is 10.1 Å². The third-order valence-corrected chi connectivity index (χ3v) is 5.46. The van der Waals surface area contributed by atoms with Crippen LogP contribution in [-0.4, -0.2) is 35.7 Å². The number of anilines is 1. The Labute approximate surface area is 195 Å². The molecule has 0 fully saturated rings. The first kappa shape index (κ1) is 26.0. The summed E-state index contributed by atoms with van der Waals surface area (Å²) < 4.78 is 13.3. The zero-order valence-corrected chi connectivity index (χ0v) is 19.7. The van der Waals surface area contributed by atoms with Gasteiger partial charge in [-0.3, -0.25) is 14.4 Å². The molecule has 0 heterocycles. The Morgan fingerprint density at radius 2 is 1.64 bits per heavy atom. The normalized spacial score (nSPS) is 11.5. The lowest BCUT2D eigenvalue weighted by Crippen LogP contribution is -2.44. The van der Waals surface area contributed by atoms with Crippen LogP contribution in [0.5, 0.6) is 0 Å². The number of hydrogen-bond acceptors (Lipinski definition) is 3. The summed E-state index contributed by atoms with van der Waals surface area (Å²) in [4.78, 5) is 39.4. The highest BCUT2D eigenvalue weighted by Gasteiger charge is 2.24. The molecule has 178 valence electrons. The summed E-state index contributed by atoms with van der Waals surface area (Å²) in [5.41, 5.74) is 2.46. The summed E-state index contributed by atoms with van der Waals surface area (Å²) in [7, 11) is 0. The molecule has 0 radical (unpaired) electrons. The first-order valence-electron chi connectivity index (χ1n) is 11.5. The lowest BCUT2D eigenvalue weighted by atomic mass is 9.97. The van der Waals surface area contributed by atoms with E-state index in [4.69, 9.17) is 0 Å². The molecule has 0 bridgehead atoms. The third-order valence-electron chi connectivity index (χ3n) is 5.46. The van der Waals surface area contributed by atoms with Crippen LogP contribution in [0.25, 0.3) is 0 Å². The molecule has 0 aliphatic heterocycles. The maximum atomic E-state index is 13.3. The zero-order chi connectivity index (χ0) is 24.2. The van der Waals surface area contributed by atoms with Gasteiger partial charge in [0.25, 0.3) is 0 Å². The fourth-order valence-corrected chi connectivity index (χ4v) is 3.48. The highest BCUT2D eigenvalue weighted by atomic mass is 19.1. The highest BCUT2D eigenvalue weighted by Crippen LogP contribution is 2.18. The Morgan fingerprint density at radius 1 is 0.970 bits per heavy atom. The van der Waals surface area contributed by atoms with Crippen molar-refractivity contribution in [3.05, 3.63) is 65.5 Å². The number of nitrogens with zero attached hydrogens (tertiary/aromatic N) is 1. The molecule has 3 amide bonds. The van der Waals surface area contributed by atoms with Crippen molar-refractivity contribution in [2.45, 2.75) is 53.0 Å². The molecule has 7 heteroatoms. The standard InChI is InChI=1S/C26H34FN3O3/c1-4-6-7-21(5-2)26(33)30(17-20-10-12-22(27)13-11-20)18-25(32)28-16-24(31)29-23-14-8-19(3)9-15-23/h8-15,21H,4-7,16-18H2,1-3H3,(H,28,32)(H,29,31). The number of nitrogens with one attached hydrogen (secondary N) is 2. The average molecular weight is 456 g/mol. The molecule has 2 aromatic rings. The molecular weight excluding hydrogens is 421 g/mol. The fraction of sp³-hybridized carbons (Fsp3) is 0.423. The number of carbonyl (C=O) groups excluding carboxylic acids is 3. The van der Waals surface area contributed by atoms with Gasteiger partial charge in [0.1, 0.15) is 5.82 Å². The van der Waals surface area contributed by atoms with Crippen LogP contribution >= 0.6 is 0 Å². The molecular formula is C26H34FN3O3. The predicted molar refractivity (Wildman–Crippen MR) is 128 cm³/mol. The lowest BCUT2D eigenvalue weighted by Gasteiger charge is -2.27. The molecule has 0 spiro atoms. The van der Waals surface area contributed by atoms with Crippen molar-refractivity contribution in [2.24, 2.45) is 5.92 Å². The molecule has 0 aromatic heterocycles. The molecule has 0 saturated carbocycles. The van der Waals surface area contributed by atoms with Gasteiger partial charge in [-0.05, 0) is 49.6 Å². The van der Waals surface area contributed by atoms with Crippen LogP contribution in [0, 0.1) is 18.7 Å². The molecule has 0 saturated heterocycles. The van der Waals surface area contributed by atoms with Gasteiger partial charge < -0.3 is 15.5 Å². The first-order valence-corrected chi connectivity index (χ1v) is 11.5. The summed E-state index contributed by atoms with van der Waals surface area (Å²) in [6.45, 7) is 5.82. The van der Waals surface area contributed by atoms with Crippen LogP contribution < -0.4 is 10.6 Å². The number of aryl methyl sites for hydroxylation is 1. The summed E-state index contributed by atoms with van der Waals surface area (Å²) in [5, 5.41) is 5.32. The zero-order valence-electron chi connectivity index (χ0n) is 19.7. The molecule has 0 aliphatic rings. The monoisotopic (exact) mass is 455 g/mol. The van der Waals surface area contributed by atoms with E-state index in [-0.39, 0.29) is 43.2 Å². The maximum absolute atomic E-state index is 13.3.